The zero-order valence-electron chi connectivity index (χ0n) is 11.0. The number of thioether (sulfide) groups is 1. The number of nitro groups is 1. The Hall–Kier alpha value is -1.30. The summed E-state index contributed by atoms with van der Waals surface area (Å²) in [5.74, 6) is 2.00. The quantitative estimate of drug-likeness (QED) is 0.465. The van der Waals surface area contributed by atoms with Gasteiger partial charge in [0.1, 0.15) is 5.82 Å². The number of anilines is 1. The Morgan fingerprint density at radius 1 is 1.50 bits per heavy atom. The Morgan fingerprint density at radius 2 is 2.22 bits per heavy atom. The molecular formula is C12H19N3O2S. The first-order chi connectivity index (χ1) is 8.54. The van der Waals surface area contributed by atoms with Crippen LogP contribution in [0, 0.1) is 16.0 Å². The Balaban J connectivity index is 2.88. The fourth-order valence-corrected chi connectivity index (χ4v) is 2.22. The second-order valence-corrected chi connectivity index (χ2v) is 5.42. The van der Waals surface area contributed by atoms with Crippen molar-refractivity contribution in [1.82, 2.24) is 4.98 Å². The van der Waals surface area contributed by atoms with E-state index in [9.17, 15) is 10.1 Å². The van der Waals surface area contributed by atoms with Crippen LogP contribution in [0.4, 0.5) is 11.5 Å². The molecule has 0 bridgehead atoms. The summed E-state index contributed by atoms with van der Waals surface area (Å²) in [4.78, 5) is 14.9. The summed E-state index contributed by atoms with van der Waals surface area (Å²) in [6, 6.07) is 3.18. The molecule has 1 N–H and O–H groups in total. The van der Waals surface area contributed by atoms with Gasteiger partial charge in [-0.1, -0.05) is 32.5 Å². The first-order valence-electron chi connectivity index (χ1n) is 6.06. The van der Waals surface area contributed by atoms with Crippen molar-refractivity contribution < 1.29 is 4.92 Å². The van der Waals surface area contributed by atoms with Crippen LogP contribution in [0.1, 0.15) is 27.2 Å². The molecule has 0 amide bonds. The van der Waals surface area contributed by atoms with Crippen LogP contribution >= 0.6 is 11.8 Å². The first kappa shape index (κ1) is 14.8. The standard InChI is InChI=1S/C12H19N3O2S/c1-4-7-13-11-6-5-10(15(16)17)12(14-11)18-8-9(2)3/h5-6,9H,4,7-8H2,1-3H3,(H,13,14). The van der Waals surface area contributed by atoms with Gasteiger partial charge < -0.3 is 5.32 Å². The first-order valence-corrected chi connectivity index (χ1v) is 7.05. The van der Waals surface area contributed by atoms with E-state index in [1.807, 2.05) is 0 Å². The lowest BCUT2D eigenvalue weighted by atomic mass is 10.3. The van der Waals surface area contributed by atoms with E-state index in [4.69, 9.17) is 0 Å². The number of pyridine rings is 1. The fraction of sp³-hybridized carbons (Fsp3) is 0.583. The monoisotopic (exact) mass is 269 g/mol. The smallest absolute Gasteiger partial charge is 0.301 e. The predicted octanol–water partition coefficient (Wildman–Crippen LogP) is 3.56. The minimum atomic E-state index is -0.376. The highest BCUT2D eigenvalue weighted by molar-refractivity contribution is 7.99. The summed E-state index contributed by atoms with van der Waals surface area (Å²) in [5.41, 5.74) is 0.0858. The molecule has 0 aliphatic heterocycles. The summed E-state index contributed by atoms with van der Waals surface area (Å²) in [6.07, 6.45) is 0.993. The molecule has 0 saturated heterocycles. The normalized spacial score (nSPS) is 10.7. The Kier molecular flexibility index (Phi) is 5.91. The molecule has 0 aliphatic carbocycles. The summed E-state index contributed by atoms with van der Waals surface area (Å²) in [7, 11) is 0. The topological polar surface area (TPSA) is 68.1 Å². The van der Waals surface area contributed by atoms with E-state index >= 15 is 0 Å². The lowest BCUT2D eigenvalue weighted by Crippen LogP contribution is -2.04. The van der Waals surface area contributed by atoms with Crippen LogP contribution in [0.15, 0.2) is 17.2 Å². The minimum absolute atomic E-state index is 0.0858. The van der Waals surface area contributed by atoms with Crippen molar-refractivity contribution in [3.63, 3.8) is 0 Å². The molecule has 18 heavy (non-hydrogen) atoms. The van der Waals surface area contributed by atoms with Gasteiger partial charge >= 0.3 is 5.69 Å². The zero-order valence-corrected chi connectivity index (χ0v) is 11.8. The van der Waals surface area contributed by atoms with E-state index < -0.39 is 0 Å². The van der Waals surface area contributed by atoms with E-state index in [0.717, 1.165) is 18.7 Å². The fourth-order valence-electron chi connectivity index (χ4n) is 1.28. The Morgan fingerprint density at radius 3 is 2.78 bits per heavy atom. The molecule has 100 valence electrons. The molecule has 0 unspecified atom stereocenters. The largest absolute Gasteiger partial charge is 0.370 e. The molecule has 0 saturated carbocycles. The Bertz CT molecular complexity index is 410. The van der Waals surface area contributed by atoms with Gasteiger partial charge in [-0.25, -0.2) is 4.98 Å². The highest BCUT2D eigenvalue weighted by Crippen LogP contribution is 2.29. The number of nitrogens with zero attached hydrogens (tertiary/aromatic N) is 2. The third-order valence-electron chi connectivity index (χ3n) is 2.15. The van der Waals surface area contributed by atoms with Crippen LogP contribution in [-0.2, 0) is 0 Å². The molecule has 0 radical (unpaired) electrons. The van der Waals surface area contributed by atoms with Gasteiger partial charge in [0.25, 0.3) is 0 Å². The zero-order chi connectivity index (χ0) is 13.5. The number of rotatable bonds is 7. The van der Waals surface area contributed by atoms with Gasteiger partial charge in [-0.2, -0.15) is 0 Å². The lowest BCUT2D eigenvalue weighted by molar-refractivity contribution is -0.388. The molecule has 1 aromatic heterocycles. The van der Waals surface area contributed by atoms with Crippen molar-refractivity contribution in [2.75, 3.05) is 17.6 Å². The third-order valence-corrected chi connectivity index (χ3v) is 3.55. The molecule has 0 aromatic carbocycles. The van der Waals surface area contributed by atoms with E-state index in [1.54, 1.807) is 6.07 Å². The molecule has 0 atom stereocenters. The third kappa shape index (κ3) is 4.52. The van der Waals surface area contributed by atoms with Crippen molar-refractivity contribution in [2.45, 2.75) is 32.2 Å². The maximum Gasteiger partial charge on any atom is 0.301 e. The number of aromatic nitrogens is 1. The van der Waals surface area contributed by atoms with Crippen LogP contribution in [0.2, 0.25) is 0 Å². The van der Waals surface area contributed by atoms with Gasteiger partial charge in [0, 0.05) is 18.4 Å². The van der Waals surface area contributed by atoms with Crippen molar-refractivity contribution in [3.05, 3.63) is 22.2 Å². The van der Waals surface area contributed by atoms with Crippen LogP contribution in [-0.4, -0.2) is 22.2 Å². The Labute approximate surface area is 112 Å². The van der Waals surface area contributed by atoms with Gasteiger partial charge in [0.05, 0.1) is 4.92 Å². The van der Waals surface area contributed by atoms with Crippen molar-refractivity contribution in [1.29, 1.82) is 0 Å². The average molecular weight is 269 g/mol. The number of hydrogen-bond acceptors (Lipinski definition) is 5. The van der Waals surface area contributed by atoms with Crippen molar-refractivity contribution >= 4 is 23.3 Å². The van der Waals surface area contributed by atoms with E-state index in [1.165, 1.54) is 17.8 Å². The van der Waals surface area contributed by atoms with E-state index in [-0.39, 0.29) is 10.6 Å². The highest BCUT2D eigenvalue weighted by Gasteiger charge is 2.16. The van der Waals surface area contributed by atoms with Gasteiger partial charge in [-0.3, -0.25) is 10.1 Å². The van der Waals surface area contributed by atoms with Crippen LogP contribution in [0.25, 0.3) is 0 Å². The van der Waals surface area contributed by atoms with Gasteiger partial charge in [0.15, 0.2) is 5.03 Å². The second-order valence-electron chi connectivity index (χ2n) is 4.41. The summed E-state index contributed by atoms with van der Waals surface area (Å²) in [5, 5.41) is 14.6. The molecule has 1 aromatic rings. The van der Waals surface area contributed by atoms with Crippen LogP contribution < -0.4 is 5.32 Å². The maximum atomic E-state index is 10.9. The van der Waals surface area contributed by atoms with Gasteiger partial charge in [0.2, 0.25) is 0 Å². The number of nitrogens with one attached hydrogen (secondary N) is 1. The van der Waals surface area contributed by atoms with E-state index in [0.29, 0.717) is 16.8 Å². The highest BCUT2D eigenvalue weighted by atomic mass is 32.2. The van der Waals surface area contributed by atoms with Gasteiger partial charge in [-0.15, -0.1) is 0 Å². The molecule has 0 fully saturated rings. The molecule has 1 heterocycles. The minimum Gasteiger partial charge on any atom is -0.370 e. The lowest BCUT2D eigenvalue weighted by Gasteiger charge is -2.08. The molecular weight excluding hydrogens is 250 g/mol. The SMILES string of the molecule is CCCNc1ccc([N+](=O)[O-])c(SCC(C)C)n1. The number of hydrogen-bond donors (Lipinski definition) is 1. The molecule has 0 aliphatic rings. The summed E-state index contributed by atoms with van der Waals surface area (Å²) < 4.78 is 0. The molecule has 6 heteroatoms. The van der Waals surface area contributed by atoms with Gasteiger partial charge in [-0.05, 0) is 18.4 Å². The summed E-state index contributed by atoms with van der Waals surface area (Å²) >= 11 is 1.44. The van der Waals surface area contributed by atoms with E-state index in [2.05, 4.69) is 31.1 Å². The molecule has 1 rings (SSSR count). The molecule has 0 spiro atoms. The maximum absolute atomic E-state index is 10.9. The van der Waals surface area contributed by atoms with Crippen LogP contribution in [0.3, 0.4) is 0 Å². The van der Waals surface area contributed by atoms with Crippen LogP contribution in [0.5, 0.6) is 0 Å². The van der Waals surface area contributed by atoms with Crippen molar-refractivity contribution in [3.8, 4) is 0 Å². The second kappa shape index (κ2) is 7.20. The predicted molar refractivity (Wildman–Crippen MR) is 75.2 cm³/mol. The van der Waals surface area contributed by atoms with Crippen molar-refractivity contribution in [2.24, 2.45) is 5.92 Å². The average Bonchev–Trinajstić information content (AvgIpc) is 2.33. The summed E-state index contributed by atoms with van der Waals surface area (Å²) in [6.45, 7) is 7.04. The molecule has 5 nitrogen and oxygen atoms in total.